The van der Waals surface area contributed by atoms with E-state index in [2.05, 4.69) is 29.6 Å². The molecule has 4 heteroatoms. The van der Waals surface area contributed by atoms with Gasteiger partial charge in [-0.1, -0.05) is 19.1 Å². The highest BCUT2D eigenvalue weighted by atomic mass is 32.1. The molecule has 0 rings (SSSR count). The number of thiocarbonyl (C=S) groups is 1. The van der Waals surface area contributed by atoms with E-state index in [1.165, 1.54) is 0 Å². The molecule has 0 amide bonds. The monoisotopic (exact) mass is 159 g/mol. The summed E-state index contributed by atoms with van der Waals surface area (Å²) in [5.41, 5.74) is 6.62. The lowest BCUT2D eigenvalue weighted by atomic mass is 10.2. The van der Waals surface area contributed by atoms with Crippen LogP contribution in [0.4, 0.5) is 0 Å². The Morgan fingerprint density at radius 2 is 2.50 bits per heavy atom. The van der Waals surface area contributed by atoms with E-state index in [0.717, 1.165) is 13.0 Å². The maximum absolute atomic E-state index is 6.62. The van der Waals surface area contributed by atoms with Gasteiger partial charge in [-0.15, -0.1) is 0 Å². The van der Waals surface area contributed by atoms with Gasteiger partial charge >= 0.3 is 0 Å². The maximum Gasteiger partial charge on any atom is 0.0749 e. The van der Waals surface area contributed by atoms with E-state index in [1.807, 2.05) is 0 Å². The summed E-state index contributed by atoms with van der Waals surface area (Å²) >= 11 is 4.64. The summed E-state index contributed by atoms with van der Waals surface area (Å²) in [5.74, 6) is 0. The molecule has 1 atom stereocenters. The zero-order valence-corrected chi connectivity index (χ0v) is 6.95. The number of nitrogens with one attached hydrogen (secondary N) is 2. The van der Waals surface area contributed by atoms with Crippen LogP contribution >= 0.6 is 12.2 Å². The molecule has 0 aliphatic heterocycles. The Labute approximate surface area is 66.7 Å². The molecule has 58 valence electrons. The quantitative estimate of drug-likeness (QED) is 0.454. The largest absolute Gasteiger partial charge is 0.308 e. The van der Waals surface area contributed by atoms with Crippen molar-refractivity contribution in [3.05, 3.63) is 0 Å². The van der Waals surface area contributed by atoms with Crippen LogP contribution in [0.15, 0.2) is 5.11 Å². The van der Waals surface area contributed by atoms with Gasteiger partial charge in [0.1, 0.15) is 0 Å². The smallest absolute Gasteiger partial charge is 0.0749 e. The SMILES string of the molecule is CCC(CN=N)NCC=S. The molecule has 0 fully saturated rings. The minimum absolute atomic E-state index is 0.316. The van der Waals surface area contributed by atoms with E-state index in [-0.39, 0.29) is 0 Å². The second kappa shape index (κ2) is 6.77. The molecule has 10 heavy (non-hydrogen) atoms. The van der Waals surface area contributed by atoms with Crippen LogP contribution in [0.2, 0.25) is 0 Å². The first-order chi connectivity index (χ1) is 4.85. The topological polar surface area (TPSA) is 48.2 Å². The molecule has 0 heterocycles. The lowest BCUT2D eigenvalue weighted by molar-refractivity contribution is 0.531. The van der Waals surface area contributed by atoms with Gasteiger partial charge in [-0.05, 0) is 11.8 Å². The summed E-state index contributed by atoms with van der Waals surface area (Å²) in [5, 5.41) is 8.09. The summed E-state index contributed by atoms with van der Waals surface area (Å²) < 4.78 is 0. The lowest BCUT2D eigenvalue weighted by Gasteiger charge is -2.10. The molecule has 0 aromatic rings. The Balaban J connectivity index is 3.38. The fraction of sp³-hybridized carbons (Fsp3) is 0.833. The molecule has 2 N–H and O–H groups in total. The van der Waals surface area contributed by atoms with E-state index in [9.17, 15) is 0 Å². The second-order valence-corrected chi connectivity index (χ2v) is 2.35. The third kappa shape index (κ3) is 4.52. The zero-order valence-electron chi connectivity index (χ0n) is 6.13. The summed E-state index contributed by atoms with van der Waals surface area (Å²) in [6.07, 6.45) is 0.992. The van der Waals surface area contributed by atoms with Crippen molar-refractivity contribution >= 4 is 17.6 Å². The van der Waals surface area contributed by atoms with Gasteiger partial charge in [0.25, 0.3) is 0 Å². The third-order valence-corrected chi connectivity index (χ3v) is 1.46. The molecule has 0 aliphatic rings. The minimum atomic E-state index is 0.316. The average Bonchev–Trinajstić information content (AvgIpc) is 1.98. The molecule has 0 aromatic heterocycles. The van der Waals surface area contributed by atoms with Crippen molar-refractivity contribution in [2.75, 3.05) is 13.1 Å². The van der Waals surface area contributed by atoms with Gasteiger partial charge < -0.3 is 5.32 Å². The molecule has 1 unspecified atom stereocenters. The van der Waals surface area contributed by atoms with Crippen LogP contribution in [-0.2, 0) is 0 Å². The van der Waals surface area contributed by atoms with E-state index < -0.39 is 0 Å². The molecule has 0 bridgehead atoms. The summed E-state index contributed by atoms with van der Waals surface area (Å²) in [4.78, 5) is 0. The molecule has 0 saturated heterocycles. The average molecular weight is 159 g/mol. The Kier molecular flexibility index (Phi) is 6.53. The number of hydrogen-bond acceptors (Lipinski definition) is 4. The number of nitrogens with zero attached hydrogens (tertiary/aromatic N) is 1. The zero-order chi connectivity index (χ0) is 7.82. The van der Waals surface area contributed by atoms with E-state index in [4.69, 9.17) is 5.53 Å². The summed E-state index contributed by atoms with van der Waals surface area (Å²) in [7, 11) is 0. The van der Waals surface area contributed by atoms with Crippen molar-refractivity contribution in [1.29, 1.82) is 5.53 Å². The molecule has 0 aromatic carbocycles. The summed E-state index contributed by atoms with van der Waals surface area (Å²) in [6.45, 7) is 3.34. The lowest BCUT2D eigenvalue weighted by Crippen LogP contribution is -2.32. The molecule has 0 spiro atoms. The minimum Gasteiger partial charge on any atom is -0.308 e. The van der Waals surface area contributed by atoms with Gasteiger partial charge in [-0.2, -0.15) is 5.11 Å². The molecular formula is C6H13N3S. The van der Waals surface area contributed by atoms with Gasteiger partial charge in [-0.3, -0.25) is 0 Å². The van der Waals surface area contributed by atoms with Crippen molar-refractivity contribution in [3.8, 4) is 0 Å². The van der Waals surface area contributed by atoms with Gasteiger partial charge in [0.2, 0.25) is 0 Å². The van der Waals surface area contributed by atoms with Crippen LogP contribution in [-0.4, -0.2) is 24.5 Å². The highest BCUT2D eigenvalue weighted by Crippen LogP contribution is 1.89. The molecular weight excluding hydrogens is 146 g/mol. The normalized spacial score (nSPS) is 12.5. The van der Waals surface area contributed by atoms with Crippen molar-refractivity contribution in [2.24, 2.45) is 5.11 Å². The van der Waals surface area contributed by atoms with Crippen molar-refractivity contribution in [2.45, 2.75) is 19.4 Å². The molecule has 0 saturated carbocycles. The number of hydrogen-bond donors (Lipinski definition) is 2. The standard InChI is InChI=1S/C6H13N3S/c1-2-6(5-9-7)8-3-4-10/h4,6-8H,2-3,5H2,1H3. The first-order valence-electron chi connectivity index (χ1n) is 3.35. The first kappa shape index (κ1) is 9.65. The van der Waals surface area contributed by atoms with Crippen molar-refractivity contribution < 1.29 is 0 Å². The van der Waals surface area contributed by atoms with Gasteiger partial charge in [0.15, 0.2) is 0 Å². The number of rotatable bonds is 6. The predicted molar refractivity (Wildman–Crippen MR) is 45.8 cm³/mol. The van der Waals surface area contributed by atoms with Crippen LogP contribution in [0.3, 0.4) is 0 Å². The fourth-order valence-electron chi connectivity index (χ4n) is 0.663. The van der Waals surface area contributed by atoms with E-state index in [1.54, 1.807) is 5.37 Å². The Morgan fingerprint density at radius 1 is 1.80 bits per heavy atom. The van der Waals surface area contributed by atoms with Gasteiger partial charge in [-0.25, -0.2) is 5.53 Å². The van der Waals surface area contributed by atoms with Crippen molar-refractivity contribution in [1.82, 2.24) is 5.32 Å². The Bertz CT molecular complexity index is 105. The maximum atomic E-state index is 6.62. The highest BCUT2D eigenvalue weighted by molar-refractivity contribution is 7.79. The predicted octanol–water partition coefficient (Wildman–Crippen LogP) is 1.39. The molecule has 3 nitrogen and oxygen atoms in total. The van der Waals surface area contributed by atoms with Gasteiger partial charge in [0, 0.05) is 12.6 Å². The van der Waals surface area contributed by atoms with Crippen LogP contribution in [0.5, 0.6) is 0 Å². The van der Waals surface area contributed by atoms with Crippen LogP contribution in [0, 0.1) is 5.53 Å². The fourth-order valence-corrected chi connectivity index (χ4v) is 0.759. The first-order valence-corrected chi connectivity index (χ1v) is 3.82. The van der Waals surface area contributed by atoms with E-state index in [0.29, 0.717) is 12.6 Å². The second-order valence-electron chi connectivity index (χ2n) is 2.02. The van der Waals surface area contributed by atoms with E-state index >= 15 is 0 Å². The van der Waals surface area contributed by atoms with Crippen molar-refractivity contribution in [3.63, 3.8) is 0 Å². The van der Waals surface area contributed by atoms with Crippen LogP contribution < -0.4 is 5.32 Å². The molecule has 0 radical (unpaired) electrons. The van der Waals surface area contributed by atoms with Crippen LogP contribution in [0.25, 0.3) is 0 Å². The van der Waals surface area contributed by atoms with Crippen LogP contribution in [0.1, 0.15) is 13.3 Å². The Morgan fingerprint density at radius 3 is 2.90 bits per heavy atom. The third-order valence-electron chi connectivity index (χ3n) is 1.29. The Hall–Kier alpha value is -0.350. The molecule has 0 aliphatic carbocycles. The van der Waals surface area contributed by atoms with Gasteiger partial charge in [0.05, 0.1) is 6.54 Å². The summed E-state index contributed by atoms with van der Waals surface area (Å²) in [6, 6.07) is 0.316. The highest BCUT2D eigenvalue weighted by Gasteiger charge is 2.01.